The highest BCUT2D eigenvalue weighted by molar-refractivity contribution is 9.10. The summed E-state index contributed by atoms with van der Waals surface area (Å²) in [4.78, 5) is 0.0576. The lowest BCUT2D eigenvalue weighted by molar-refractivity contribution is 0.306. The fraction of sp³-hybridized carbons (Fsp3) is 0.400. The fourth-order valence-electron chi connectivity index (χ4n) is 1.10. The number of hydrogen-bond acceptors (Lipinski definition) is 3. The van der Waals surface area contributed by atoms with Gasteiger partial charge in [-0.05, 0) is 34.5 Å². The van der Waals surface area contributed by atoms with Crippen LogP contribution in [0.1, 0.15) is 19.8 Å². The molecular formula is C10H14BrNO3S. The minimum absolute atomic E-state index is 0.0576. The van der Waals surface area contributed by atoms with Crippen molar-refractivity contribution in [2.75, 3.05) is 6.61 Å². The number of ether oxygens (including phenoxy) is 1. The molecule has 1 aromatic carbocycles. The van der Waals surface area contributed by atoms with Crippen LogP contribution in [0.4, 0.5) is 0 Å². The molecule has 0 aliphatic rings. The Balaban J connectivity index is 2.91. The Bertz CT molecular complexity index is 459. The van der Waals surface area contributed by atoms with Crippen LogP contribution in [-0.2, 0) is 10.0 Å². The van der Waals surface area contributed by atoms with Crippen molar-refractivity contribution in [2.24, 2.45) is 5.14 Å². The molecule has 0 spiro atoms. The van der Waals surface area contributed by atoms with Crippen LogP contribution in [0.25, 0.3) is 0 Å². The third-order valence-electron chi connectivity index (χ3n) is 1.99. The van der Waals surface area contributed by atoms with Crippen molar-refractivity contribution in [2.45, 2.75) is 24.7 Å². The first-order chi connectivity index (χ1) is 7.45. The Morgan fingerprint density at radius 2 is 2.12 bits per heavy atom. The van der Waals surface area contributed by atoms with Gasteiger partial charge in [-0.1, -0.05) is 13.3 Å². The average Bonchev–Trinajstić information content (AvgIpc) is 2.19. The summed E-state index contributed by atoms with van der Waals surface area (Å²) in [6.07, 6.45) is 1.94. The van der Waals surface area contributed by atoms with Gasteiger partial charge < -0.3 is 4.74 Å². The van der Waals surface area contributed by atoms with Crippen molar-refractivity contribution in [3.63, 3.8) is 0 Å². The van der Waals surface area contributed by atoms with Crippen LogP contribution in [0.5, 0.6) is 5.75 Å². The normalized spacial score (nSPS) is 11.4. The number of unbranched alkanes of at least 4 members (excludes halogenated alkanes) is 1. The van der Waals surface area contributed by atoms with Crippen LogP contribution in [-0.4, -0.2) is 15.0 Å². The highest BCUT2D eigenvalue weighted by Crippen LogP contribution is 2.27. The number of halogens is 1. The monoisotopic (exact) mass is 307 g/mol. The molecule has 1 rings (SSSR count). The molecule has 0 saturated heterocycles. The van der Waals surface area contributed by atoms with Crippen LogP contribution in [0.3, 0.4) is 0 Å². The fourth-order valence-corrected chi connectivity index (χ4v) is 1.99. The van der Waals surface area contributed by atoms with Crippen molar-refractivity contribution in [3.8, 4) is 5.75 Å². The van der Waals surface area contributed by atoms with E-state index >= 15 is 0 Å². The standard InChI is InChI=1S/C10H14BrNO3S/c1-2-3-6-15-10-7-8(16(12,13)14)4-5-9(10)11/h4-5,7H,2-3,6H2,1H3,(H2,12,13,14). The molecule has 6 heteroatoms. The van der Waals surface area contributed by atoms with Crippen molar-refractivity contribution in [1.29, 1.82) is 0 Å². The van der Waals surface area contributed by atoms with Gasteiger partial charge in [0.2, 0.25) is 10.0 Å². The molecule has 4 nitrogen and oxygen atoms in total. The van der Waals surface area contributed by atoms with Gasteiger partial charge in [0.1, 0.15) is 5.75 Å². The molecule has 0 fully saturated rings. The molecule has 90 valence electrons. The number of nitrogens with two attached hydrogens (primary N) is 1. The Morgan fingerprint density at radius 1 is 1.44 bits per heavy atom. The molecule has 16 heavy (non-hydrogen) atoms. The van der Waals surface area contributed by atoms with Gasteiger partial charge in [-0.2, -0.15) is 0 Å². The highest BCUT2D eigenvalue weighted by Gasteiger charge is 2.11. The van der Waals surface area contributed by atoms with Crippen molar-refractivity contribution in [1.82, 2.24) is 0 Å². The molecule has 0 amide bonds. The van der Waals surface area contributed by atoms with E-state index in [1.165, 1.54) is 12.1 Å². The summed E-state index contributed by atoms with van der Waals surface area (Å²) in [5.74, 6) is 0.500. The van der Waals surface area contributed by atoms with Crippen LogP contribution in [0.15, 0.2) is 27.6 Å². The van der Waals surface area contributed by atoms with Gasteiger partial charge in [-0.25, -0.2) is 13.6 Å². The van der Waals surface area contributed by atoms with Gasteiger partial charge in [0, 0.05) is 6.07 Å². The van der Waals surface area contributed by atoms with Crippen LogP contribution in [0, 0.1) is 0 Å². The van der Waals surface area contributed by atoms with Gasteiger partial charge in [0.05, 0.1) is 16.0 Å². The van der Waals surface area contributed by atoms with E-state index in [2.05, 4.69) is 22.9 Å². The smallest absolute Gasteiger partial charge is 0.238 e. The SMILES string of the molecule is CCCCOc1cc(S(N)(=O)=O)ccc1Br. The first kappa shape index (κ1) is 13.5. The lowest BCUT2D eigenvalue weighted by Gasteiger charge is -2.08. The number of benzene rings is 1. The highest BCUT2D eigenvalue weighted by atomic mass is 79.9. The third kappa shape index (κ3) is 3.77. The predicted molar refractivity (Wildman–Crippen MR) is 65.9 cm³/mol. The molecule has 0 atom stereocenters. The molecular weight excluding hydrogens is 294 g/mol. The van der Waals surface area contributed by atoms with E-state index in [-0.39, 0.29) is 4.90 Å². The van der Waals surface area contributed by atoms with E-state index < -0.39 is 10.0 Å². The van der Waals surface area contributed by atoms with Crippen molar-refractivity contribution in [3.05, 3.63) is 22.7 Å². The third-order valence-corrected chi connectivity index (χ3v) is 3.55. The first-order valence-corrected chi connectivity index (χ1v) is 7.24. The average molecular weight is 308 g/mol. The van der Waals surface area contributed by atoms with Gasteiger partial charge in [0.15, 0.2) is 0 Å². The summed E-state index contributed by atoms with van der Waals surface area (Å²) in [6, 6.07) is 4.47. The Kier molecular flexibility index (Phi) is 4.76. The number of primary sulfonamides is 1. The molecule has 0 bridgehead atoms. The van der Waals surface area contributed by atoms with Crippen molar-refractivity contribution >= 4 is 26.0 Å². The van der Waals surface area contributed by atoms with Crippen LogP contribution in [0.2, 0.25) is 0 Å². The summed E-state index contributed by atoms with van der Waals surface area (Å²) in [6.45, 7) is 2.61. The maximum atomic E-state index is 11.1. The molecule has 0 unspecified atom stereocenters. The molecule has 0 saturated carbocycles. The molecule has 0 aliphatic carbocycles. The summed E-state index contributed by atoms with van der Waals surface area (Å²) >= 11 is 3.29. The second-order valence-corrected chi connectivity index (χ2v) is 5.76. The van der Waals surface area contributed by atoms with E-state index in [0.29, 0.717) is 12.4 Å². The zero-order valence-corrected chi connectivity index (χ0v) is 11.3. The summed E-state index contributed by atoms with van der Waals surface area (Å²) in [7, 11) is -3.67. The lowest BCUT2D eigenvalue weighted by atomic mass is 10.3. The quantitative estimate of drug-likeness (QED) is 0.848. The maximum absolute atomic E-state index is 11.1. The Morgan fingerprint density at radius 3 is 2.69 bits per heavy atom. The van der Waals surface area contributed by atoms with Crippen LogP contribution >= 0.6 is 15.9 Å². The first-order valence-electron chi connectivity index (χ1n) is 4.90. The van der Waals surface area contributed by atoms with E-state index in [9.17, 15) is 8.42 Å². The van der Waals surface area contributed by atoms with Gasteiger partial charge >= 0.3 is 0 Å². The predicted octanol–water partition coefficient (Wildman–Crippen LogP) is 2.28. The number of sulfonamides is 1. The van der Waals surface area contributed by atoms with Gasteiger partial charge in [-0.15, -0.1) is 0 Å². The Labute approximate surface area is 104 Å². The van der Waals surface area contributed by atoms with E-state index in [1.54, 1.807) is 6.07 Å². The topological polar surface area (TPSA) is 69.4 Å². The second-order valence-electron chi connectivity index (χ2n) is 3.34. The maximum Gasteiger partial charge on any atom is 0.238 e. The molecule has 2 N–H and O–H groups in total. The van der Waals surface area contributed by atoms with E-state index in [4.69, 9.17) is 9.88 Å². The number of rotatable bonds is 5. The largest absolute Gasteiger partial charge is 0.492 e. The minimum atomic E-state index is -3.67. The minimum Gasteiger partial charge on any atom is -0.492 e. The van der Waals surface area contributed by atoms with E-state index in [0.717, 1.165) is 17.3 Å². The van der Waals surface area contributed by atoms with Crippen LogP contribution < -0.4 is 9.88 Å². The lowest BCUT2D eigenvalue weighted by Crippen LogP contribution is -2.12. The Hall–Kier alpha value is -0.590. The van der Waals surface area contributed by atoms with E-state index in [1.807, 2.05) is 0 Å². The summed E-state index contributed by atoms with van der Waals surface area (Å²) < 4.78 is 28.4. The molecule has 0 heterocycles. The second kappa shape index (κ2) is 5.65. The molecule has 0 aromatic heterocycles. The molecule has 1 aromatic rings. The molecule has 0 aliphatic heterocycles. The van der Waals surface area contributed by atoms with Gasteiger partial charge in [0.25, 0.3) is 0 Å². The van der Waals surface area contributed by atoms with Crippen molar-refractivity contribution < 1.29 is 13.2 Å². The zero-order chi connectivity index (χ0) is 12.2. The van der Waals surface area contributed by atoms with Gasteiger partial charge in [-0.3, -0.25) is 0 Å². The summed E-state index contributed by atoms with van der Waals surface area (Å²) in [5, 5.41) is 5.03. The molecule has 0 radical (unpaired) electrons. The zero-order valence-electron chi connectivity index (χ0n) is 8.94. The number of hydrogen-bond donors (Lipinski definition) is 1. The summed E-state index contributed by atoms with van der Waals surface area (Å²) in [5.41, 5.74) is 0.